The SMILES string of the molecule is CC(N)(C(=O)NC1CCSc2ccc(Cl)cc21)c1ccccc1. The van der Waals surface area contributed by atoms with E-state index >= 15 is 0 Å². The Hall–Kier alpha value is -1.49. The monoisotopic (exact) mass is 346 g/mol. The Morgan fingerprint density at radius 3 is 2.78 bits per heavy atom. The van der Waals surface area contributed by atoms with E-state index in [1.54, 1.807) is 18.7 Å². The van der Waals surface area contributed by atoms with E-state index in [1.165, 1.54) is 4.90 Å². The second-order valence-corrected chi connectivity index (χ2v) is 7.49. The van der Waals surface area contributed by atoms with Crippen LogP contribution in [0.3, 0.4) is 0 Å². The van der Waals surface area contributed by atoms with Crippen molar-refractivity contribution in [2.75, 3.05) is 5.75 Å². The first kappa shape index (κ1) is 16.4. The predicted molar refractivity (Wildman–Crippen MR) is 95.7 cm³/mol. The van der Waals surface area contributed by atoms with Gasteiger partial charge < -0.3 is 11.1 Å². The van der Waals surface area contributed by atoms with Crippen LogP contribution >= 0.6 is 23.4 Å². The highest BCUT2D eigenvalue weighted by Crippen LogP contribution is 2.38. The maximum absolute atomic E-state index is 12.8. The zero-order valence-electron chi connectivity index (χ0n) is 12.9. The average molecular weight is 347 g/mol. The van der Waals surface area contributed by atoms with Crippen LogP contribution < -0.4 is 11.1 Å². The lowest BCUT2D eigenvalue weighted by Crippen LogP contribution is -2.50. The molecule has 0 spiro atoms. The maximum atomic E-state index is 12.8. The van der Waals surface area contributed by atoms with Crippen molar-refractivity contribution in [1.29, 1.82) is 0 Å². The van der Waals surface area contributed by atoms with E-state index in [0.29, 0.717) is 5.02 Å². The molecule has 0 radical (unpaired) electrons. The molecule has 2 atom stereocenters. The van der Waals surface area contributed by atoms with Crippen LogP contribution in [0.2, 0.25) is 5.02 Å². The third-order valence-electron chi connectivity index (χ3n) is 4.16. The summed E-state index contributed by atoms with van der Waals surface area (Å²) < 4.78 is 0. The molecule has 2 unspecified atom stereocenters. The minimum atomic E-state index is -1.06. The highest BCUT2D eigenvalue weighted by Gasteiger charge is 2.33. The first-order valence-electron chi connectivity index (χ1n) is 7.56. The highest BCUT2D eigenvalue weighted by molar-refractivity contribution is 7.99. The lowest BCUT2D eigenvalue weighted by Gasteiger charge is -2.31. The van der Waals surface area contributed by atoms with E-state index in [9.17, 15) is 4.79 Å². The van der Waals surface area contributed by atoms with Crippen LogP contribution in [0.25, 0.3) is 0 Å². The van der Waals surface area contributed by atoms with Gasteiger partial charge in [-0.1, -0.05) is 41.9 Å². The molecule has 3 nitrogen and oxygen atoms in total. The number of benzene rings is 2. The summed E-state index contributed by atoms with van der Waals surface area (Å²) in [5.41, 5.74) is 7.12. The van der Waals surface area contributed by atoms with Gasteiger partial charge in [0.25, 0.3) is 0 Å². The van der Waals surface area contributed by atoms with Crippen molar-refractivity contribution in [2.24, 2.45) is 5.73 Å². The van der Waals surface area contributed by atoms with Gasteiger partial charge in [0, 0.05) is 15.7 Å². The summed E-state index contributed by atoms with van der Waals surface area (Å²) in [5, 5.41) is 3.79. The van der Waals surface area contributed by atoms with E-state index in [2.05, 4.69) is 5.32 Å². The Labute approximate surface area is 145 Å². The molecule has 1 amide bonds. The van der Waals surface area contributed by atoms with Crippen molar-refractivity contribution in [1.82, 2.24) is 5.32 Å². The van der Waals surface area contributed by atoms with Gasteiger partial charge in [0.05, 0.1) is 6.04 Å². The van der Waals surface area contributed by atoms with Crippen molar-refractivity contribution >= 4 is 29.3 Å². The largest absolute Gasteiger partial charge is 0.347 e. The number of thioether (sulfide) groups is 1. The Bertz CT molecular complexity index is 718. The minimum Gasteiger partial charge on any atom is -0.347 e. The molecule has 1 heterocycles. The van der Waals surface area contributed by atoms with Gasteiger partial charge >= 0.3 is 0 Å². The Morgan fingerprint density at radius 2 is 2.04 bits per heavy atom. The topological polar surface area (TPSA) is 55.1 Å². The zero-order valence-corrected chi connectivity index (χ0v) is 14.5. The van der Waals surface area contributed by atoms with Crippen LogP contribution in [0.15, 0.2) is 53.4 Å². The molecular weight excluding hydrogens is 328 g/mol. The number of rotatable bonds is 3. The maximum Gasteiger partial charge on any atom is 0.244 e. The molecule has 2 aromatic carbocycles. The van der Waals surface area contributed by atoms with Crippen LogP contribution in [-0.4, -0.2) is 11.7 Å². The quantitative estimate of drug-likeness (QED) is 0.887. The summed E-state index contributed by atoms with van der Waals surface area (Å²) in [6, 6.07) is 15.2. The summed E-state index contributed by atoms with van der Waals surface area (Å²) in [6.07, 6.45) is 0.870. The van der Waals surface area contributed by atoms with E-state index in [1.807, 2.05) is 48.5 Å². The molecule has 0 aromatic heterocycles. The van der Waals surface area contributed by atoms with Gasteiger partial charge in [-0.25, -0.2) is 0 Å². The second kappa shape index (κ2) is 6.56. The van der Waals surface area contributed by atoms with Crippen molar-refractivity contribution in [3.63, 3.8) is 0 Å². The lowest BCUT2D eigenvalue weighted by atomic mass is 9.91. The molecule has 0 saturated heterocycles. The number of hydrogen-bond acceptors (Lipinski definition) is 3. The van der Waals surface area contributed by atoms with Crippen LogP contribution in [0.5, 0.6) is 0 Å². The number of hydrogen-bond donors (Lipinski definition) is 2. The third-order valence-corrected chi connectivity index (χ3v) is 5.52. The number of nitrogens with two attached hydrogens (primary N) is 1. The molecule has 1 aliphatic heterocycles. The van der Waals surface area contributed by atoms with Gasteiger partial charge in [-0.3, -0.25) is 4.79 Å². The van der Waals surface area contributed by atoms with Crippen molar-refractivity contribution in [3.05, 3.63) is 64.7 Å². The molecule has 5 heteroatoms. The summed E-state index contributed by atoms with van der Waals surface area (Å²) in [4.78, 5) is 13.9. The summed E-state index contributed by atoms with van der Waals surface area (Å²) in [5.74, 6) is 0.790. The highest BCUT2D eigenvalue weighted by atomic mass is 35.5. The molecule has 0 fully saturated rings. The molecule has 0 saturated carbocycles. The van der Waals surface area contributed by atoms with Gasteiger partial charge in [-0.2, -0.15) is 0 Å². The fraction of sp³-hybridized carbons (Fsp3) is 0.278. The van der Waals surface area contributed by atoms with Crippen molar-refractivity contribution in [3.8, 4) is 0 Å². The van der Waals surface area contributed by atoms with Crippen LogP contribution in [0.1, 0.15) is 30.5 Å². The van der Waals surface area contributed by atoms with Gasteiger partial charge in [0.15, 0.2) is 0 Å². The van der Waals surface area contributed by atoms with Crippen LogP contribution in [0.4, 0.5) is 0 Å². The predicted octanol–water partition coefficient (Wildman–Crippen LogP) is 3.87. The molecule has 3 rings (SSSR count). The zero-order chi connectivity index (χ0) is 16.4. The van der Waals surface area contributed by atoms with Crippen LogP contribution in [-0.2, 0) is 10.3 Å². The first-order chi connectivity index (χ1) is 11.0. The van der Waals surface area contributed by atoms with Gasteiger partial charge in [0.2, 0.25) is 5.91 Å². The van der Waals surface area contributed by atoms with Crippen molar-refractivity contribution < 1.29 is 4.79 Å². The fourth-order valence-electron chi connectivity index (χ4n) is 2.74. The standard InChI is InChI=1S/C18H19ClN2OS/c1-18(20,12-5-3-2-4-6-12)17(22)21-15-9-10-23-16-8-7-13(19)11-14(15)16/h2-8,11,15H,9-10,20H2,1H3,(H,21,22). The Morgan fingerprint density at radius 1 is 1.30 bits per heavy atom. The van der Waals surface area contributed by atoms with Gasteiger partial charge in [0.1, 0.15) is 5.54 Å². The van der Waals surface area contributed by atoms with E-state index < -0.39 is 5.54 Å². The minimum absolute atomic E-state index is 0.0518. The number of carbonyl (C=O) groups is 1. The first-order valence-corrected chi connectivity index (χ1v) is 8.92. The smallest absolute Gasteiger partial charge is 0.244 e. The van der Waals surface area contributed by atoms with Crippen molar-refractivity contribution in [2.45, 2.75) is 29.8 Å². The molecule has 23 heavy (non-hydrogen) atoms. The molecule has 0 aliphatic carbocycles. The normalized spacial score (nSPS) is 19.5. The van der Waals surface area contributed by atoms with Gasteiger partial charge in [-0.05, 0) is 42.7 Å². The number of fused-ring (bicyclic) bond motifs is 1. The average Bonchev–Trinajstić information content (AvgIpc) is 2.56. The van der Waals surface area contributed by atoms with E-state index in [-0.39, 0.29) is 11.9 Å². The van der Waals surface area contributed by atoms with E-state index in [4.69, 9.17) is 17.3 Å². The summed E-state index contributed by atoms with van der Waals surface area (Å²) in [6.45, 7) is 1.74. The number of carbonyl (C=O) groups excluding carboxylic acids is 1. The molecule has 2 aromatic rings. The third kappa shape index (κ3) is 3.39. The van der Waals surface area contributed by atoms with E-state index in [0.717, 1.165) is 23.3 Å². The molecule has 1 aliphatic rings. The summed E-state index contributed by atoms with van der Waals surface area (Å²) >= 11 is 7.91. The van der Waals surface area contributed by atoms with Gasteiger partial charge in [-0.15, -0.1) is 11.8 Å². The Kier molecular flexibility index (Phi) is 4.67. The fourth-order valence-corrected chi connectivity index (χ4v) is 4.02. The molecule has 0 bridgehead atoms. The second-order valence-electron chi connectivity index (χ2n) is 5.91. The number of amides is 1. The Balaban J connectivity index is 1.83. The lowest BCUT2D eigenvalue weighted by molar-refractivity contribution is -0.126. The number of nitrogens with one attached hydrogen (secondary N) is 1. The molecular formula is C18H19ClN2OS. The molecule has 120 valence electrons. The summed E-state index contributed by atoms with van der Waals surface area (Å²) in [7, 11) is 0. The molecule has 3 N–H and O–H groups in total. The number of halogens is 1. The van der Waals surface area contributed by atoms with Crippen LogP contribution in [0, 0.1) is 0 Å².